The Morgan fingerprint density at radius 2 is 2.29 bits per heavy atom. The first-order valence-electron chi connectivity index (χ1n) is 6.80. The molecule has 0 spiro atoms. The lowest BCUT2D eigenvalue weighted by Crippen LogP contribution is -2.28. The molecule has 0 bridgehead atoms. The van der Waals surface area contributed by atoms with Crippen LogP contribution in [0.5, 0.6) is 0 Å². The van der Waals surface area contributed by atoms with Crippen LogP contribution in [0.3, 0.4) is 0 Å². The Hall–Kier alpha value is -0.800. The van der Waals surface area contributed by atoms with E-state index in [1.165, 1.54) is 30.6 Å². The van der Waals surface area contributed by atoms with Gasteiger partial charge in [0, 0.05) is 18.0 Å². The minimum Gasteiger partial charge on any atom is -0.469 e. The number of aliphatic hydroxyl groups is 1. The summed E-state index contributed by atoms with van der Waals surface area (Å²) >= 11 is 0. The molecule has 0 aliphatic heterocycles. The van der Waals surface area contributed by atoms with Crippen LogP contribution in [0, 0.1) is 5.92 Å². The van der Waals surface area contributed by atoms with Gasteiger partial charge in [0.05, 0.1) is 12.4 Å². The van der Waals surface area contributed by atoms with Crippen molar-refractivity contribution in [1.82, 2.24) is 5.32 Å². The summed E-state index contributed by atoms with van der Waals surface area (Å²) in [6.07, 6.45) is 8.38. The van der Waals surface area contributed by atoms with Crippen molar-refractivity contribution in [1.29, 1.82) is 0 Å². The average Bonchev–Trinajstić information content (AvgIpc) is 2.94. The van der Waals surface area contributed by atoms with Crippen molar-refractivity contribution in [3.05, 3.63) is 23.7 Å². The molecule has 0 aromatic carbocycles. The smallest absolute Gasteiger partial charge is 0.108 e. The maximum Gasteiger partial charge on any atom is 0.108 e. The Bertz CT molecular complexity index is 374. The highest BCUT2D eigenvalue weighted by atomic mass is 16.3. The fourth-order valence-electron chi connectivity index (χ4n) is 3.24. The van der Waals surface area contributed by atoms with Gasteiger partial charge < -0.3 is 14.8 Å². The summed E-state index contributed by atoms with van der Waals surface area (Å²) in [7, 11) is 0. The lowest BCUT2D eigenvalue weighted by molar-refractivity contribution is 0.177. The van der Waals surface area contributed by atoms with Gasteiger partial charge in [-0.3, -0.25) is 0 Å². The van der Waals surface area contributed by atoms with E-state index >= 15 is 0 Å². The molecule has 0 amide bonds. The molecule has 2 aliphatic carbocycles. The summed E-state index contributed by atoms with van der Waals surface area (Å²) in [5.74, 6) is 1.82. The first-order valence-corrected chi connectivity index (χ1v) is 6.80. The maximum absolute atomic E-state index is 9.52. The van der Waals surface area contributed by atoms with Crippen molar-refractivity contribution in [2.24, 2.45) is 5.92 Å². The SMILES string of the molecule is OC1CCC(CNC2CCCc3occc32)C1. The molecular weight excluding hydrogens is 214 g/mol. The fraction of sp³-hybridized carbons (Fsp3) is 0.714. The van der Waals surface area contributed by atoms with E-state index < -0.39 is 0 Å². The average molecular weight is 235 g/mol. The molecule has 3 unspecified atom stereocenters. The lowest BCUT2D eigenvalue weighted by Gasteiger charge is -2.24. The minimum absolute atomic E-state index is 0.0577. The zero-order valence-electron chi connectivity index (χ0n) is 10.2. The van der Waals surface area contributed by atoms with Gasteiger partial charge in [-0.25, -0.2) is 0 Å². The van der Waals surface area contributed by atoms with Crippen LogP contribution in [0.2, 0.25) is 0 Å². The van der Waals surface area contributed by atoms with Gasteiger partial charge in [-0.15, -0.1) is 0 Å². The first kappa shape index (κ1) is 11.3. The highest BCUT2D eigenvalue weighted by Gasteiger charge is 2.26. The molecule has 0 saturated heterocycles. The van der Waals surface area contributed by atoms with Crippen LogP contribution in [-0.2, 0) is 6.42 Å². The topological polar surface area (TPSA) is 45.4 Å². The van der Waals surface area contributed by atoms with Gasteiger partial charge in [-0.2, -0.15) is 0 Å². The van der Waals surface area contributed by atoms with Crippen LogP contribution < -0.4 is 5.32 Å². The summed E-state index contributed by atoms with van der Waals surface area (Å²) in [5, 5.41) is 13.2. The molecule has 3 rings (SSSR count). The van der Waals surface area contributed by atoms with Gasteiger partial charge >= 0.3 is 0 Å². The van der Waals surface area contributed by atoms with Gasteiger partial charge in [0.25, 0.3) is 0 Å². The molecule has 17 heavy (non-hydrogen) atoms. The minimum atomic E-state index is -0.0577. The molecule has 3 atom stereocenters. The Kier molecular flexibility index (Phi) is 3.21. The second-order valence-corrected chi connectivity index (χ2v) is 5.49. The van der Waals surface area contributed by atoms with Crippen LogP contribution in [0.15, 0.2) is 16.7 Å². The van der Waals surface area contributed by atoms with Crippen molar-refractivity contribution in [3.8, 4) is 0 Å². The highest BCUT2D eigenvalue weighted by molar-refractivity contribution is 5.24. The molecule has 2 N–H and O–H groups in total. The summed E-state index contributed by atoms with van der Waals surface area (Å²) in [6.45, 7) is 1.03. The standard InChI is InChI=1S/C14H21NO2/c16-11-5-4-10(8-11)9-15-13-2-1-3-14-12(13)6-7-17-14/h6-7,10-11,13,15-16H,1-5,8-9H2. The molecule has 1 heterocycles. The Balaban J connectivity index is 1.56. The third-order valence-electron chi connectivity index (χ3n) is 4.22. The Morgan fingerprint density at radius 1 is 1.35 bits per heavy atom. The number of hydrogen-bond acceptors (Lipinski definition) is 3. The second-order valence-electron chi connectivity index (χ2n) is 5.49. The predicted molar refractivity (Wildman–Crippen MR) is 65.7 cm³/mol. The fourth-order valence-corrected chi connectivity index (χ4v) is 3.24. The molecule has 94 valence electrons. The molecule has 3 heteroatoms. The summed E-state index contributed by atoms with van der Waals surface area (Å²) in [5.41, 5.74) is 1.36. The quantitative estimate of drug-likeness (QED) is 0.845. The monoisotopic (exact) mass is 235 g/mol. The van der Waals surface area contributed by atoms with E-state index in [1.807, 2.05) is 6.26 Å². The zero-order chi connectivity index (χ0) is 11.7. The zero-order valence-corrected chi connectivity index (χ0v) is 10.2. The summed E-state index contributed by atoms with van der Waals surface area (Å²) in [6, 6.07) is 2.57. The molecule has 3 nitrogen and oxygen atoms in total. The van der Waals surface area contributed by atoms with Gasteiger partial charge in [0.2, 0.25) is 0 Å². The van der Waals surface area contributed by atoms with E-state index in [2.05, 4.69) is 11.4 Å². The van der Waals surface area contributed by atoms with Gasteiger partial charge in [-0.1, -0.05) is 0 Å². The molecule has 1 aromatic heterocycles. The van der Waals surface area contributed by atoms with Crippen molar-refractivity contribution < 1.29 is 9.52 Å². The van der Waals surface area contributed by atoms with Gasteiger partial charge in [-0.05, 0) is 50.6 Å². The number of aryl methyl sites for hydroxylation is 1. The number of rotatable bonds is 3. The van der Waals surface area contributed by atoms with Crippen molar-refractivity contribution >= 4 is 0 Å². The first-order chi connectivity index (χ1) is 8.33. The van der Waals surface area contributed by atoms with E-state index in [0.29, 0.717) is 12.0 Å². The van der Waals surface area contributed by atoms with Crippen LogP contribution in [0.4, 0.5) is 0 Å². The van der Waals surface area contributed by atoms with Crippen LogP contribution >= 0.6 is 0 Å². The maximum atomic E-state index is 9.52. The summed E-state index contributed by atoms with van der Waals surface area (Å²) in [4.78, 5) is 0. The predicted octanol–water partition coefficient (Wildman–Crippen LogP) is 2.41. The summed E-state index contributed by atoms with van der Waals surface area (Å²) < 4.78 is 5.50. The van der Waals surface area contributed by atoms with Gasteiger partial charge in [0.1, 0.15) is 5.76 Å². The third kappa shape index (κ3) is 2.40. The third-order valence-corrected chi connectivity index (χ3v) is 4.22. The number of aliphatic hydroxyl groups excluding tert-OH is 1. The number of furan rings is 1. The molecule has 0 radical (unpaired) electrons. The molecule has 1 fully saturated rings. The van der Waals surface area contributed by atoms with Crippen molar-refractivity contribution in [2.75, 3.05) is 6.54 Å². The number of nitrogens with one attached hydrogen (secondary N) is 1. The van der Waals surface area contributed by atoms with E-state index in [4.69, 9.17) is 4.42 Å². The van der Waals surface area contributed by atoms with E-state index in [1.54, 1.807) is 0 Å². The van der Waals surface area contributed by atoms with Crippen molar-refractivity contribution in [2.45, 2.75) is 50.7 Å². The Labute approximate surface area is 102 Å². The largest absolute Gasteiger partial charge is 0.469 e. The van der Waals surface area contributed by atoms with Crippen LogP contribution in [0.1, 0.15) is 49.5 Å². The van der Waals surface area contributed by atoms with E-state index in [0.717, 1.165) is 25.8 Å². The molecular formula is C14H21NO2. The van der Waals surface area contributed by atoms with E-state index in [-0.39, 0.29) is 6.10 Å². The van der Waals surface area contributed by atoms with Crippen LogP contribution in [-0.4, -0.2) is 17.8 Å². The molecule has 1 aromatic rings. The van der Waals surface area contributed by atoms with Crippen LogP contribution in [0.25, 0.3) is 0 Å². The second kappa shape index (κ2) is 4.83. The normalized spacial score (nSPS) is 32.6. The number of hydrogen-bond donors (Lipinski definition) is 2. The Morgan fingerprint density at radius 3 is 3.12 bits per heavy atom. The molecule has 2 aliphatic rings. The number of fused-ring (bicyclic) bond motifs is 1. The van der Waals surface area contributed by atoms with Crippen molar-refractivity contribution in [3.63, 3.8) is 0 Å². The van der Waals surface area contributed by atoms with E-state index in [9.17, 15) is 5.11 Å². The lowest BCUT2D eigenvalue weighted by atomic mass is 9.93. The molecule has 1 saturated carbocycles. The highest BCUT2D eigenvalue weighted by Crippen LogP contribution is 2.31. The van der Waals surface area contributed by atoms with Gasteiger partial charge in [0.15, 0.2) is 0 Å².